The summed E-state index contributed by atoms with van der Waals surface area (Å²) in [5.74, 6) is -2.13. The van der Waals surface area contributed by atoms with E-state index in [2.05, 4.69) is 0 Å². The molecule has 1 aliphatic rings. The summed E-state index contributed by atoms with van der Waals surface area (Å²) in [6.07, 6.45) is 0.172. The third-order valence-corrected chi connectivity index (χ3v) is 2.30. The van der Waals surface area contributed by atoms with E-state index in [0.29, 0.717) is 0 Å². The first-order chi connectivity index (χ1) is 6.89. The van der Waals surface area contributed by atoms with Gasteiger partial charge < -0.3 is 4.74 Å². The lowest BCUT2D eigenvalue weighted by molar-refractivity contribution is 0.0616. The Morgan fingerprint density at radius 1 is 1.27 bits per heavy atom. The predicted molar refractivity (Wildman–Crippen MR) is 50.0 cm³/mol. The molecule has 0 saturated heterocycles. The molecule has 0 spiro atoms. The number of Topliss-reactive ketones (excluding diaryl/α,β-unsaturated/α-hetero) is 1. The summed E-state index contributed by atoms with van der Waals surface area (Å²) in [6.45, 7) is 3.46. The molecule has 1 aromatic rings. The van der Waals surface area contributed by atoms with Crippen molar-refractivity contribution in [3.05, 3.63) is 29.3 Å². The number of carbonyl (C=O) groups excluding carboxylic acids is 1. The lowest BCUT2D eigenvalue weighted by Crippen LogP contribution is -2.36. The highest BCUT2D eigenvalue weighted by molar-refractivity contribution is 6.00. The number of ketones is 1. The average Bonchev–Trinajstić information content (AvgIpc) is 2.07. The monoisotopic (exact) mass is 212 g/mol. The van der Waals surface area contributed by atoms with Crippen LogP contribution in [-0.2, 0) is 0 Å². The molecular weight excluding hydrogens is 202 g/mol. The van der Waals surface area contributed by atoms with Crippen LogP contribution in [0.2, 0.25) is 0 Å². The first-order valence-electron chi connectivity index (χ1n) is 4.60. The summed E-state index contributed by atoms with van der Waals surface area (Å²) in [4.78, 5) is 11.6. The molecule has 0 radical (unpaired) electrons. The van der Waals surface area contributed by atoms with E-state index in [1.807, 2.05) is 0 Å². The topological polar surface area (TPSA) is 26.3 Å². The van der Waals surface area contributed by atoms with Crippen LogP contribution in [0.5, 0.6) is 5.75 Å². The number of hydrogen-bond donors (Lipinski definition) is 0. The molecule has 0 aliphatic carbocycles. The van der Waals surface area contributed by atoms with Crippen LogP contribution in [0.1, 0.15) is 30.6 Å². The SMILES string of the molecule is CC1(C)CC(=O)c2cc(F)c(F)cc2O1. The number of benzene rings is 1. The van der Waals surface area contributed by atoms with Gasteiger partial charge in [-0.3, -0.25) is 4.79 Å². The van der Waals surface area contributed by atoms with E-state index in [1.54, 1.807) is 13.8 Å². The number of hydrogen-bond acceptors (Lipinski definition) is 2. The normalized spacial score (nSPS) is 18.3. The van der Waals surface area contributed by atoms with Crippen molar-refractivity contribution in [3.8, 4) is 5.75 Å². The van der Waals surface area contributed by atoms with Gasteiger partial charge in [-0.05, 0) is 19.9 Å². The van der Waals surface area contributed by atoms with Gasteiger partial charge in [0.25, 0.3) is 0 Å². The van der Waals surface area contributed by atoms with Crippen molar-refractivity contribution in [2.24, 2.45) is 0 Å². The standard InChI is InChI=1S/C11H10F2O2/c1-11(2)5-9(14)6-3-7(12)8(13)4-10(6)15-11/h3-4H,5H2,1-2H3. The molecule has 0 N–H and O–H groups in total. The predicted octanol–water partition coefficient (Wildman–Crippen LogP) is 2.71. The Balaban J connectivity index is 2.56. The van der Waals surface area contributed by atoms with Gasteiger partial charge in [-0.2, -0.15) is 0 Å². The molecule has 2 nitrogen and oxygen atoms in total. The van der Waals surface area contributed by atoms with Gasteiger partial charge in [0, 0.05) is 6.07 Å². The summed E-state index contributed by atoms with van der Waals surface area (Å²) < 4.78 is 31.2. The van der Waals surface area contributed by atoms with Crippen LogP contribution in [0.3, 0.4) is 0 Å². The molecular formula is C11H10F2O2. The molecule has 0 unspecified atom stereocenters. The zero-order valence-corrected chi connectivity index (χ0v) is 8.43. The zero-order chi connectivity index (χ0) is 11.2. The van der Waals surface area contributed by atoms with E-state index in [0.717, 1.165) is 12.1 Å². The van der Waals surface area contributed by atoms with Gasteiger partial charge in [0.2, 0.25) is 0 Å². The first kappa shape index (κ1) is 10.1. The van der Waals surface area contributed by atoms with E-state index in [4.69, 9.17) is 4.74 Å². The van der Waals surface area contributed by atoms with Gasteiger partial charge in [0.1, 0.15) is 11.4 Å². The van der Waals surface area contributed by atoms with Crippen LogP contribution >= 0.6 is 0 Å². The third kappa shape index (κ3) is 1.71. The van der Waals surface area contributed by atoms with Gasteiger partial charge >= 0.3 is 0 Å². The van der Waals surface area contributed by atoms with Crippen molar-refractivity contribution >= 4 is 5.78 Å². The third-order valence-electron chi connectivity index (χ3n) is 2.30. The van der Waals surface area contributed by atoms with E-state index >= 15 is 0 Å². The molecule has 0 bridgehead atoms. The fourth-order valence-electron chi connectivity index (χ4n) is 1.65. The molecule has 1 heterocycles. The van der Waals surface area contributed by atoms with E-state index < -0.39 is 17.2 Å². The minimum atomic E-state index is -1.02. The fraction of sp³-hybridized carbons (Fsp3) is 0.364. The van der Waals surface area contributed by atoms with E-state index in [-0.39, 0.29) is 23.5 Å². The first-order valence-corrected chi connectivity index (χ1v) is 4.60. The van der Waals surface area contributed by atoms with Gasteiger partial charge in [-0.1, -0.05) is 0 Å². The summed E-state index contributed by atoms with van der Waals surface area (Å²) in [7, 11) is 0. The van der Waals surface area contributed by atoms with Gasteiger partial charge in [0.15, 0.2) is 17.4 Å². The molecule has 0 aromatic heterocycles. The van der Waals surface area contributed by atoms with Gasteiger partial charge in [-0.15, -0.1) is 0 Å². The highest BCUT2D eigenvalue weighted by Gasteiger charge is 2.33. The zero-order valence-electron chi connectivity index (χ0n) is 8.43. The Kier molecular flexibility index (Phi) is 2.03. The lowest BCUT2D eigenvalue weighted by Gasteiger charge is -2.31. The van der Waals surface area contributed by atoms with Crippen LogP contribution in [0.15, 0.2) is 12.1 Å². The number of rotatable bonds is 0. The molecule has 4 heteroatoms. The van der Waals surface area contributed by atoms with Crippen molar-refractivity contribution < 1.29 is 18.3 Å². The molecule has 0 atom stereocenters. The molecule has 2 rings (SSSR count). The lowest BCUT2D eigenvalue weighted by atomic mass is 9.93. The summed E-state index contributed by atoms with van der Waals surface area (Å²) in [6, 6.07) is 1.81. The Bertz CT molecular complexity index is 438. The van der Waals surface area contributed by atoms with Crippen LogP contribution in [-0.4, -0.2) is 11.4 Å². The average molecular weight is 212 g/mol. The van der Waals surface area contributed by atoms with Crippen LogP contribution in [0.25, 0.3) is 0 Å². The van der Waals surface area contributed by atoms with Crippen molar-refractivity contribution in [1.82, 2.24) is 0 Å². The Labute approximate surface area is 85.9 Å². The maximum atomic E-state index is 12.9. The number of fused-ring (bicyclic) bond motifs is 1. The van der Waals surface area contributed by atoms with Gasteiger partial charge in [0.05, 0.1) is 12.0 Å². The van der Waals surface area contributed by atoms with E-state index in [1.165, 1.54) is 0 Å². The number of ether oxygens (including phenoxy) is 1. The van der Waals surface area contributed by atoms with Crippen LogP contribution in [0.4, 0.5) is 8.78 Å². The minimum absolute atomic E-state index is 0.119. The number of halogens is 2. The molecule has 0 fully saturated rings. The molecule has 80 valence electrons. The second kappa shape index (κ2) is 3.02. The van der Waals surface area contributed by atoms with Crippen molar-refractivity contribution in [2.75, 3.05) is 0 Å². The molecule has 1 aliphatic heterocycles. The van der Waals surface area contributed by atoms with Gasteiger partial charge in [-0.25, -0.2) is 8.78 Å². The van der Waals surface area contributed by atoms with Crippen LogP contribution < -0.4 is 4.74 Å². The highest BCUT2D eigenvalue weighted by atomic mass is 19.2. The maximum Gasteiger partial charge on any atom is 0.170 e. The molecule has 0 saturated carbocycles. The quantitative estimate of drug-likeness (QED) is 0.660. The largest absolute Gasteiger partial charge is 0.487 e. The summed E-state index contributed by atoms with van der Waals surface area (Å²) in [5, 5.41) is 0. The Morgan fingerprint density at radius 2 is 1.87 bits per heavy atom. The van der Waals surface area contributed by atoms with Crippen molar-refractivity contribution in [1.29, 1.82) is 0 Å². The smallest absolute Gasteiger partial charge is 0.170 e. The molecule has 0 amide bonds. The summed E-state index contributed by atoms with van der Waals surface area (Å²) in [5.41, 5.74) is -0.540. The summed E-state index contributed by atoms with van der Waals surface area (Å²) >= 11 is 0. The Hall–Kier alpha value is -1.45. The molecule has 15 heavy (non-hydrogen) atoms. The maximum absolute atomic E-state index is 12.9. The molecule has 1 aromatic carbocycles. The van der Waals surface area contributed by atoms with Crippen molar-refractivity contribution in [2.45, 2.75) is 25.9 Å². The van der Waals surface area contributed by atoms with E-state index in [9.17, 15) is 13.6 Å². The number of carbonyl (C=O) groups is 1. The highest BCUT2D eigenvalue weighted by Crippen LogP contribution is 2.34. The second-order valence-corrected chi connectivity index (χ2v) is 4.22. The second-order valence-electron chi connectivity index (χ2n) is 4.22. The minimum Gasteiger partial charge on any atom is -0.487 e. The Morgan fingerprint density at radius 3 is 2.53 bits per heavy atom. The van der Waals surface area contributed by atoms with Crippen molar-refractivity contribution in [3.63, 3.8) is 0 Å². The van der Waals surface area contributed by atoms with Crippen LogP contribution in [0, 0.1) is 11.6 Å². The fourth-order valence-corrected chi connectivity index (χ4v) is 1.65.